The van der Waals surface area contributed by atoms with Gasteiger partial charge in [-0.05, 0) is 0 Å². The van der Waals surface area contributed by atoms with E-state index in [0.29, 0.717) is 0 Å². The molecule has 0 saturated carbocycles. The van der Waals surface area contributed by atoms with Gasteiger partial charge in [0.2, 0.25) is 0 Å². The van der Waals surface area contributed by atoms with E-state index in [1.54, 1.807) is 0 Å². The molecule has 2 aromatic rings. The Morgan fingerprint density at radius 1 is 0.583 bits per heavy atom. The van der Waals surface area contributed by atoms with Crippen molar-refractivity contribution in [1.82, 2.24) is 0 Å². The molecule has 132 valence electrons. The minimum absolute atomic E-state index is 0.166. The van der Waals surface area contributed by atoms with Gasteiger partial charge < -0.3 is 0 Å². The van der Waals surface area contributed by atoms with Crippen LogP contribution in [0.4, 0.5) is 20.2 Å². The van der Waals surface area contributed by atoms with E-state index in [1.165, 1.54) is 36.4 Å². The van der Waals surface area contributed by atoms with E-state index in [9.17, 15) is 8.78 Å². The number of benzene rings is 2. The standard InChI is InChI=1S/C12H8Cl6F2N2P2/c13-23(14,15)21(11-7-3-1-5-9(11)19)24(16,17,18)22(23)12-8-4-2-6-10(12)20/h1-8H. The molecule has 0 aliphatic carbocycles. The third-order valence-corrected chi connectivity index (χ3v) is 20.0. The molecule has 24 heavy (non-hydrogen) atoms. The third-order valence-electron chi connectivity index (χ3n) is 3.33. The Morgan fingerprint density at radius 2 is 0.875 bits per heavy atom. The van der Waals surface area contributed by atoms with Gasteiger partial charge in [-0.15, -0.1) is 0 Å². The summed E-state index contributed by atoms with van der Waals surface area (Å²) in [4.78, 5) is -9.38. The van der Waals surface area contributed by atoms with Crippen molar-refractivity contribution in [2.75, 3.05) is 8.88 Å². The first-order valence-corrected chi connectivity index (χ1v) is 16.0. The summed E-state index contributed by atoms with van der Waals surface area (Å²) in [6, 6.07) is 10.9. The Hall–Kier alpha value is 0.500. The normalized spacial score (nSPS) is 26.3. The van der Waals surface area contributed by atoms with Crippen LogP contribution in [0, 0.1) is 11.6 Å². The van der Waals surface area contributed by atoms with Gasteiger partial charge in [-0.2, -0.15) is 0 Å². The second-order valence-corrected chi connectivity index (χ2v) is 24.8. The number of rotatable bonds is 2. The first kappa shape index (κ1) is 19.3. The molecule has 12 heteroatoms. The topological polar surface area (TPSA) is 6.48 Å². The summed E-state index contributed by atoms with van der Waals surface area (Å²) < 4.78 is 30.3. The van der Waals surface area contributed by atoms with Crippen molar-refractivity contribution in [3.8, 4) is 0 Å². The summed E-state index contributed by atoms with van der Waals surface area (Å²) in [6.07, 6.45) is 0. The predicted octanol–water partition coefficient (Wildman–Crippen LogP) is 8.98. The molecule has 0 amide bonds. The Kier molecular flexibility index (Phi) is 4.42. The van der Waals surface area contributed by atoms with Crippen LogP contribution >= 0.6 is 77.4 Å². The van der Waals surface area contributed by atoms with Crippen molar-refractivity contribution in [1.29, 1.82) is 0 Å². The Morgan fingerprint density at radius 3 is 1.17 bits per heavy atom. The van der Waals surface area contributed by atoms with Crippen molar-refractivity contribution < 1.29 is 8.78 Å². The number of nitrogens with zero attached hydrogens (tertiary/aromatic N) is 2. The van der Waals surface area contributed by atoms with Gasteiger partial charge in [0.1, 0.15) is 0 Å². The van der Waals surface area contributed by atoms with Gasteiger partial charge in [0, 0.05) is 0 Å². The zero-order chi connectivity index (χ0) is 18.0. The average molecular weight is 493 g/mol. The molecule has 0 aromatic heterocycles. The average Bonchev–Trinajstić information content (AvgIpc) is 2.41. The number of hydrogen-bond acceptors (Lipinski definition) is 2. The van der Waals surface area contributed by atoms with E-state index >= 15 is 0 Å². The molecule has 0 bridgehead atoms. The van der Waals surface area contributed by atoms with Gasteiger partial charge >= 0.3 is 167 Å². The van der Waals surface area contributed by atoms with Crippen LogP contribution in [0.3, 0.4) is 0 Å². The van der Waals surface area contributed by atoms with Crippen LogP contribution in [0.25, 0.3) is 0 Å². The molecule has 0 spiro atoms. The summed E-state index contributed by atoms with van der Waals surface area (Å²) >= 11 is 38.6. The molecular weight excluding hydrogens is 485 g/mol. The quantitative estimate of drug-likeness (QED) is 0.386. The molecule has 1 saturated heterocycles. The fourth-order valence-electron chi connectivity index (χ4n) is 2.49. The number of halogens is 8. The summed E-state index contributed by atoms with van der Waals surface area (Å²) in [5.74, 6) is -1.45. The van der Waals surface area contributed by atoms with E-state index in [-0.39, 0.29) is 11.4 Å². The van der Waals surface area contributed by atoms with Crippen molar-refractivity contribution in [2.24, 2.45) is 0 Å². The molecule has 1 heterocycles. The van der Waals surface area contributed by atoms with Crippen LogP contribution in [0.2, 0.25) is 0 Å². The van der Waals surface area contributed by atoms with E-state index in [4.69, 9.17) is 67.4 Å². The summed E-state index contributed by atoms with van der Waals surface area (Å²) in [5, 5.41) is 0. The molecule has 2 aromatic carbocycles. The van der Waals surface area contributed by atoms with Crippen LogP contribution in [0.1, 0.15) is 0 Å². The summed E-state index contributed by atoms with van der Waals surface area (Å²) in [5.41, 5.74) is -0.333. The number of hydrogen-bond donors (Lipinski definition) is 0. The van der Waals surface area contributed by atoms with Crippen LogP contribution in [-0.2, 0) is 0 Å². The first-order valence-electron chi connectivity index (χ1n) is 6.29. The van der Waals surface area contributed by atoms with Gasteiger partial charge in [-0.1, -0.05) is 0 Å². The molecule has 1 aliphatic heterocycles. The van der Waals surface area contributed by atoms with Gasteiger partial charge in [0.25, 0.3) is 0 Å². The van der Waals surface area contributed by atoms with Crippen molar-refractivity contribution in [3.05, 3.63) is 60.2 Å². The van der Waals surface area contributed by atoms with Crippen LogP contribution in [0.15, 0.2) is 48.5 Å². The second-order valence-electron chi connectivity index (χ2n) is 4.95. The van der Waals surface area contributed by atoms with Crippen LogP contribution in [-0.4, -0.2) is 0 Å². The molecule has 0 atom stereocenters. The summed E-state index contributed by atoms with van der Waals surface area (Å²) in [6.45, 7) is 0. The molecule has 0 radical (unpaired) electrons. The van der Waals surface area contributed by atoms with E-state index in [0.717, 1.165) is 21.0 Å². The molecular formula is C12H8Cl6F2N2P2. The van der Waals surface area contributed by atoms with Gasteiger partial charge in [-0.25, -0.2) is 0 Å². The molecule has 0 unspecified atom stereocenters. The molecule has 2 nitrogen and oxygen atoms in total. The summed E-state index contributed by atoms with van der Waals surface area (Å²) in [7, 11) is 0. The van der Waals surface area contributed by atoms with E-state index in [1.807, 2.05) is 0 Å². The van der Waals surface area contributed by atoms with Crippen molar-refractivity contribution >= 4 is 88.7 Å². The zero-order valence-electron chi connectivity index (χ0n) is 11.4. The van der Waals surface area contributed by atoms with Crippen LogP contribution < -0.4 is 8.88 Å². The van der Waals surface area contributed by atoms with E-state index < -0.39 is 21.6 Å². The monoisotopic (exact) mass is 490 g/mol. The Labute approximate surface area is 165 Å². The number of anilines is 2. The predicted molar refractivity (Wildman–Crippen MR) is 107 cm³/mol. The fourth-order valence-corrected chi connectivity index (χ4v) is 31.6. The molecule has 1 aliphatic rings. The van der Waals surface area contributed by atoms with E-state index in [2.05, 4.69) is 0 Å². The van der Waals surface area contributed by atoms with Gasteiger partial charge in [0.15, 0.2) is 0 Å². The molecule has 3 rings (SSSR count). The Balaban J connectivity index is 2.26. The molecule has 1 fully saturated rings. The Bertz CT molecular complexity index is 750. The van der Waals surface area contributed by atoms with Crippen molar-refractivity contribution in [2.45, 2.75) is 0 Å². The van der Waals surface area contributed by atoms with Gasteiger partial charge in [0.05, 0.1) is 0 Å². The first-order chi connectivity index (χ1) is 10.8. The number of para-hydroxylation sites is 2. The van der Waals surface area contributed by atoms with Crippen LogP contribution in [0.5, 0.6) is 0 Å². The van der Waals surface area contributed by atoms with Crippen molar-refractivity contribution in [3.63, 3.8) is 0 Å². The third kappa shape index (κ3) is 2.66. The maximum atomic E-state index is 14.3. The molecule has 0 N–H and O–H groups in total. The second kappa shape index (κ2) is 5.50. The minimum atomic E-state index is -4.69. The SMILES string of the molecule is Fc1ccccc1N1P(Cl)(Cl)(Cl)N(c2ccccc2F)P1(Cl)(Cl)Cl. The maximum absolute atomic E-state index is 14.3. The van der Waals surface area contributed by atoms with Gasteiger partial charge in [-0.3, -0.25) is 0 Å². The zero-order valence-corrected chi connectivity index (χ0v) is 17.8. The fraction of sp³-hybridized carbons (Fsp3) is 0.